The van der Waals surface area contributed by atoms with E-state index in [1.54, 1.807) is 0 Å². The Kier molecular flexibility index (Phi) is 9.81. The van der Waals surface area contributed by atoms with Crippen molar-refractivity contribution in [2.24, 2.45) is 5.73 Å². The lowest BCUT2D eigenvalue weighted by Crippen LogP contribution is -2.36. The number of carbonyl (C=O) groups is 2. The number of nitrogens with zero attached hydrogens (tertiary/aromatic N) is 4. The summed E-state index contributed by atoms with van der Waals surface area (Å²) in [7, 11) is 5.67. The molecule has 0 saturated heterocycles. The van der Waals surface area contributed by atoms with Crippen LogP contribution in [0, 0.1) is 0 Å². The third-order valence-corrected chi connectivity index (χ3v) is 4.93. The lowest BCUT2D eigenvalue weighted by atomic mass is 10.1. The molecule has 1 aromatic carbocycles. The van der Waals surface area contributed by atoms with Gasteiger partial charge in [0.1, 0.15) is 0 Å². The molecule has 0 saturated carbocycles. The molecule has 0 aliphatic carbocycles. The average Bonchev–Trinajstić information content (AvgIpc) is 2.77. The second-order valence-electron chi connectivity index (χ2n) is 7.99. The maximum Gasteiger partial charge on any atom is 0.271 e. The Hall–Kier alpha value is -3.46. The van der Waals surface area contributed by atoms with Crippen LogP contribution in [0.1, 0.15) is 35.6 Å². The molecule has 0 aliphatic heterocycles. The van der Waals surface area contributed by atoms with Crippen molar-refractivity contribution in [1.29, 1.82) is 0 Å². The quantitative estimate of drug-likeness (QED) is 0.422. The summed E-state index contributed by atoms with van der Waals surface area (Å²) in [4.78, 5) is 36.9. The van der Waals surface area contributed by atoms with E-state index in [1.165, 1.54) is 0 Å². The first-order valence-electron chi connectivity index (χ1n) is 11.1. The second kappa shape index (κ2) is 12.5. The van der Waals surface area contributed by atoms with E-state index >= 15 is 0 Å². The molecular weight excluding hydrogens is 418 g/mol. The monoisotopic (exact) mass is 453 g/mol. The van der Waals surface area contributed by atoms with Crippen molar-refractivity contribution >= 4 is 29.1 Å². The van der Waals surface area contributed by atoms with Crippen LogP contribution in [0.15, 0.2) is 36.4 Å². The minimum Gasteiger partial charge on any atom is -0.364 e. The summed E-state index contributed by atoms with van der Waals surface area (Å²) in [6.07, 6.45) is 5.28. The Morgan fingerprint density at radius 3 is 2.58 bits per heavy atom. The number of benzene rings is 1. The fourth-order valence-corrected chi connectivity index (χ4v) is 3.25. The number of nitrogens with one attached hydrogen (secondary N) is 2. The topological polar surface area (TPSA) is 116 Å². The highest BCUT2D eigenvalue weighted by molar-refractivity contribution is 5.96. The third-order valence-electron chi connectivity index (χ3n) is 4.93. The van der Waals surface area contributed by atoms with E-state index in [9.17, 15) is 9.59 Å². The van der Waals surface area contributed by atoms with Crippen LogP contribution in [0.3, 0.4) is 0 Å². The minimum atomic E-state index is -0.636. The molecule has 9 nitrogen and oxygen atoms in total. The third kappa shape index (κ3) is 7.87. The fourth-order valence-electron chi connectivity index (χ4n) is 3.25. The molecule has 0 fully saturated rings. The van der Waals surface area contributed by atoms with Crippen molar-refractivity contribution in [1.82, 2.24) is 20.2 Å². The van der Waals surface area contributed by atoms with Gasteiger partial charge in [-0.3, -0.25) is 14.5 Å². The smallest absolute Gasteiger partial charge is 0.271 e. The molecular formula is C24H35N7O2. The molecule has 0 unspecified atom stereocenters. The highest BCUT2D eigenvalue weighted by Crippen LogP contribution is 2.24. The van der Waals surface area contributed by atoms with Crippen LogP contribution in [-0.4, -0.2) is 67.5 Å². The summed E-state index contributed by atoms with van der Waals surface area (Å²) >= 11 is 0. The number of carbonyl (C=O) groups excluding carboxylic acids is 2. The second-order valence-corrected chi connectivity index (χ2v) is 7.99. The normalized spacial score (nSPS) is 11.1. The van der Waals surface area contributed by atoms with Crippen molar-refractivity contribution < 1.29 is 9.59 Å². The van der Waals surface area contributed by atoms with Gasteiger partial charge in [-0.15, -0.1) is 0 Å². The Morgan fingerprint density at radius 1 is 1.18 bits per heavy atom. The number of allylic oxidation sites excluding steroid dienone is 1. The standard InChI is InChI=1S/C24H35N7O2/c1-6-8-14-31(5)16-20(32)26-13-12-17-10-9-11-18(15-17)27-23-21(22(25)33)28-19(7-2)24(29-23)30(3)4/h6,8-11,15H,7,12-14,16H2,1-5H3,(H2,25,33)(H,26,32)(H,27,29)/b8-6+. The molecule has 2 amide bonds. The van der Waals surface area contributed by atoms with Gasteiger partial charge in [-0.1, -0.05) is 31.2 Å². The summed E-state index contributed by atoms with van der Waals surface area (Å²) < 4.78 is 0. The molecule has 178 valence electrons. The zero-order valence-electron chi connectivity index (χ0n) is 20.2. The zero-order valence-corrected chi connectivity index (χ0v) is 20.2. The number of anilines is 3. The molecule has 2 aromatic rings. The Labute approximate surface area is 196 Å². The van der Waals surface area contributed by atoms with Crippen LogP contribution >= 0.6 is 0 Å². The first kappa shape index (κ1) is 25.8. The number of hydrogen-bond donors (Lipinski definition) is 3. The van der Waals surface area contributed by atoms with Gasteiger partial charge in [-0.05, 0) is 44.5 Å². The number of primary amides is 1. The van der Waals surface area contributed by atoms with Gasteiger partial charge in [-0.2, -0.15) is 0 Å². The highest BCUT2D eigenvalue weighted by atomic mass is 16.2. The number of aromatic nitrogens is 2. The van der Waals surface area contributed by atoms with Gasteiger partial charge in [0.25, 0.3) is 5.91 Å². The van der Waals surface area contributed by atoms with Gasteiger partial charge in [0.15, 0.2) is 17.3 Å². The van der Waals surface area contributed by atoms with Crippen molar-refractivity contribution in [3.8, 4) is 0 Å². The Morgan fingerprint density at radius 2 is 1.94 bits per heavy atom. The van der Waals surface area contributed by atoms with E-state index in [4.69, 9.17) is 5.73 Å². The number of nitrogens with two attached hydrogens (primary N) is 1. The van der Waals surface area contributed by atoms with E-state index in [2.05, 4.69) is 20.6 Å². The van der Waals surface area contributed by atoms with Crippen LogP contribution < -0.4 is 21.3 Å². The number of likely N-dealkylation sites (N-methyl/N-ethyl adjacent to an activating group) is 1. The number of rotatable bonds is 12. The maximum absolute atomic E-state index is 12.1. The van der Waals surface area contributed by atoms with Gasteiger partial charge in [-0.25, -0.2) is 9.97 Å². The van der Waals surface area contributed by atoms with E-state index in [0.717, 1.165) is 17.8 Å². The predicted molar refractivity (Wildman–Crippen MR) is 133 cm³/mol. The Bertz CT molecular complexity index is 989. The molecule has 2 rings (SSSR count). The first-order valence-corrected chi connectivity index (χ1v) is 11.1. The van der Waals surface area contributed by atoms with Crippen molar-refractivity contribution in [3.05, 3.63) is 53.4 Å². The fraction of sp³-hybridized carbons (Fsp3) is 0.417. The summed E-state index contributed by atoms with van der Waals surface area (Å²) in [5.74, 6) is 0.356. The highest BCUT2D eigenvalue weighted by Gasteiger charge is 2.18. The molecule has 33 heavy (non-hydrogen) atoms. The van der Waals surface area contributed by atoms with Gasteiger partial charge in [0, 0.05) is 32.9 Å². The van der Waals surface area contributed by atoms with Gasteiger partial charge >= 0.3 is 0 Å². The number of aryl methyl sites for hydroxylation is 1. The molecule has 0 atom stereocenters. The van der Waals surface area contributed by atoms with Crippen LogP contribution in [0.5, 0.6) is 0 Å². The SMILES string of the molecule is C/C=C/CN(C)CC(=O)NCCc1cccc(Nc2nc(N(C)C)c(CC)nc2C(N)=O)c1. The minimum absolute atomic E-state index is 0.00937. The molecule has 1 heterocycles. The summed E-state index contributed by atoms with van der Waals surface area (Å²) in [5, 5.41) is 6.13. The lowest BCUT2D eigenvalue weighted by molar-refractivity contribution is -0.121. The predicted octanol–water partition coefficient (Wildman–Crippen LogP) is 2.11. The van der Waals surface area contributed by atoms with E-state index in [1.807, 2.05) is 81.2 Å². The zero-order chi connectivity index (χ0) is 24.4. The van der Waals surface area contributed by atoms with Crippen LogP contribution in [0.2, 0.25) is 0 Å². The first-order chi connectivity index (χ1) is 15.7. The average molecular weight is 454 g/mol. The van der Waals surface area contributed by atoms with Gasteiger partial charge < -0.3 is 21.3 Å². The van der Waals surface area contributed by atoms with E-state index in [-0.39, 0.29) is 11.6 Å². The molecule has 0 aliphatic rings. The number of amides is 2. The molecule has 9 heteroatoms. The molecule has 1 aromatic heterocycles. The Balaban J connectivity index is 2.07. The summed E-state index contributed by atoms with van der Waals surface area (Å²) in [5.41, 5.74) is 8.17. The van der Waals surface area contributed by atoms with E-state index < -0.39 is 5.91 Å². The van der Waals surface area contributed by atoms with Gasteiger partial charge in [0.05, 0.1) is 12.2 Å². The van der Waals surface area contributed by atoms with E-state index in [0.29, 0.717) is 43.3 Å². The van der Waals surface area contributed by atoms with Crippen LogP contribution in [0.4, 0.5) is 17.3 Å². The van der Waals surface area contributed by atoms with Crippen LogP contribution in [-0.2, 0) is 17.6 Å². The number of hydrogen-bond acceptors (Lipinski definition) is 7. The van der Waals surface area contributed by atoms with Crippen molar-refractivity contribution in [2.75, 3.05) is 51.0 Å². The molecule has 0 spiro atoms. The summed E-state index contributed by atoms with van der Waals surface area (Å²) in [6.45, 7) is 5.53. The van der Waals surface area contributed by atoms with Crippen molar-refractivity contribution in [2.45, 2.75) is 26.7 Å². The maximum atomic E-state index is 12.1. The summed E-state index contributed by atoms with van der Waals surface area (Å²) in [6, 6.07) is 7.74. The molecule has 0 bridgehead atoms. The van der Waals surface area contributed by atoms with Gasteiger partial charge in [0.2, 0.25) is 5.91 Å². The molecule has 0 radical (unpaired) electrons. The lowest BCUT2D eigenvalue weighted by Gasteiger charge is -2.18. The van der Waals surface area contributed by atoms with Crippen LogP contribution in [0.25, 0.3) is 0 Å². The molecule has 4 N–H and O–H groups in total. The van der Waals surface area contributed by atoms with Crippen molar-refractivity contribution in [3.63, 3.8) is 0 Å². The largest absolute Gasteiger partial charge is 0.364 e.